The Kier molecular flexibility index (Phi) is 7.10. The van der Waals surface area contributed by atoms with E-state index in [1.54, 1.807) is 21.0 Å². The maximum absolute atomic E-state index is 13.8. The smallest absolute Gasteiger partial charge is 0.358 e. The lowest BCUT2D eigenvalue weighted by Gasteiger charge is -2.43. The summed E-state index contributed by atoms with van der Waals surface area (Å²) in [6.07, 6.45) is 0.848. The van der Waals surface area contributed by atoms with Gasteiger partial charge in [0.1, 0.15) is 17.0 Å². The number of hydrogen-bond donors (Lipinski definition) is 1. The number of ether oxygens (including phenoxy) is 2. The molecule has 0 aliphatic carbocycles. The number of fused-ring (bicyclic) bond motifs is 1. The van der Waals surface area contributed by atoms with Crippen molar-refractivity contribution >= 4 is 23.5 Å². The molecule has 0 saturated heterocycles. The molecule has 0 bridgehead atoms. The summed E-state index contributed by atoms with van der Waals surface area (Å²) in [5.74, 6) is -0.750. The molecule has 0 fully saturated rings. The zero-order valence-corrected chi connectivity index (χ0v) is 20.9. The first-order chi connectivity index (χ1) is 17.3. The van der Waals surface area contributed by atoms with Gasteiger partial charge in [-0.2, -0.15) is 5.10 Å². The minimum absolute atomic E-state index is 0.0279. The molecule has 2 aromatic carbocycles. The van der Waals surface area contributed by atoms with Crippen LogP contribution in [0.25, 0.3) is 0 Å². The summed E-state index contributed by atoms with van der Waals surface area (Å²) in [4.78, 5) is 41.3. The summed E-state index contributed by atoms with van der Waals surface area (Å²) in [7, 11) is 1.57. The second kappa shape index (κ2) is 10.2. The van der Waals surface area contributed by atoms with E-state index in [2.05, 4.69) is 10.4 Å². The number of rotatable bonds is 8. The summed E-state index contributed by atoms with van der Waals surface area (Å²) in [5.41, 5.74) is 1.42. The van der Waals surface area contributed by atoms with E-state index >= 15 is 0 Å². The van der Waals surface area contributed by atoms with Gasteiger partial charge in [-0.1, -0.05) is 37.3 Å². The first-order valence-corrected chi connectivity index (χ1v) is 11.9. The number of methoxy groups -OCH3 is 1. The largest absolute Gasteiger partial charge is 0.496 e. The molecule has 0 saturated carbocycles. The maximum atomic E-state index is 13.8. The molecule has 2 heterocycles. The normalized spacial score (nSPS) is 16.9. The molecular formula is C27H30N4O5. The van der Waals surface area contributed by atoms with E-state index in [4.69, 9.17) is 9.47 Å². The van der Waals surface area contributed by atoms with Crippen molar-refractivity contribution < 1.29 is 23.9 Å². The van der Waals surface area contributed by atoms with Crippen LogP contribution in [-0.2, 0) is 29.0 Å². The number of nitrogens with zero attached hydrogens (tertiary/aromatic N) is 3. The Morgan fingerprint density at radius 1 is 1.11 bits per heavy atom. The summed E-state index contributed by atoms with van der Waals surface area (Å²) in [6.45, 7) is 5.91. The highest BCUT2D eigenvalue weighted by Crippen LogP contribution is 2.33. The molecule has 4 rings (SSSR count). The van der Waals surface area contributed by atoms with Gasteiger partial charge in [0.15, 0.2) is 5.69 Å². The lowest BCUT2D eigenvalue weighted by atomic mass is 9.93. The monoisotopic (exact) mass is 490 g/mol. The minimum Gasteiger partial charge on any atom is -0.496 e. The van der Waals surface area contributed by atoms with Crippen molar-refractivity contribution in [1.82, 2.24) is 15.1 Å². The number of carbonyl (C=O) groups is 3. The fourth-order valence-corrected chi connectivity index (χ4v) is 4.39. The predicted octanol–water partition coefficient (Wildman–Crippen LogP) is 3.37. The van der Waals surface area contributed by atoms with Crippen LogP contribution in [0.4, 0.5) is 5.69 Å². The van der Waals surface area contributed by atoms with Gasteiger partial charge in [0, 0.05) is 23.9 Å². The summed E-state index contributed by atoms with van der Waals surface area (Å²) in [6, 6.07) is 16.4. The van der Waals surface area contributed by atoms with Crippen molar-refractivity contribution in [1.29, 1.82) is 0 Å². The highest BCUT2D eigenvalue weighted by atomic mass is 16.5. The predicted molar refractivity (Wildman–Crippen MR) is 134 cm³/mol. The Labute approximate surface area is 210 Å². The number of nitrogens with one attached hydrogen (secondary N) is 1. The van der Waals surface area contributed by atoms with Gasteiger partial charge in [-0.3, -0.25) is 19.2 Å². The number of carbonyl (C=O) groups excluding carboxylic acids is 3. The first kappa shape index (κ1) is 25.0. The molecule has 0 unspecified atom stereocenters. The van der Waals surface area contributed by atoms with Crippen LogP contribution in [0, 0.1) is 0 Å². The highest BCUT2D eigenvalue weighted by Gasteiger charge is 2.49. The third kappa shape index (κ3) is 4.56. The number of benzene rings is 2. The van der Waals surface area contributed by atoms with Crippen molar-refractivity contribution in [2.75, 3.05) is 18.6 Å². The quantitative estimate of drug-likeness (QED) is 0.486. The molecule has 1 aliphatic heterocycles. The van der Waals surface area contributed by atoms with Gasteiger partial charge in [0.05, 0.1) is 20.3 Å². The minimum atomic E-state index is -1.32. The number of aryl methyl sites for hydroxylation is 1. The number of amides is 2. The molecule has 36 heavy (non-hydrogen) atoms. The molecule has 1 N–H and O–H groups in total. The molecule has 0 spiro atoms. The van der Waals surface area contributed by atoms with Crippen LogP contribution in [-0.4, -0.2) is 46.8 Å². The van der Waals surface area contributed by atoms with Crippen LogP contribution >= 0.6 is 0 Å². The Balaban J connectivity index is 1.72. The molecule has 3 aromatic rings. The van der Waals surface area contributed by atoms with Gasteiger partial charge in [-0.05, 0) is 44.0 Å². The van der Waals surface area contributed by atoms with Gasteiger partial charge in [0.2, 0.25) is 5.91 Å². The molecule has 9 nitrogen and oxygen atoms in total. The maximum Gasteiger partial charge on any atom is 0.358 e. The second-order valence-corrected chi connectivity index (χ2v) is 8.72. The van der Waals surface area contributed by atoms with E-state index in [9.17, 15) is 14.4 Å². The molecular weight excluding hydrogens is 460 g/mol. The summed E-state index contributed by atoms with van der Waals surface area (Å²) in [5, 5.41) is 7.26. The number of anilines is 1. The summed E-state index contributed by atoms with van der Waals surface area (Å²) < 4.78 is 11.9. The van der Waals surface area contributed by atoms with Crippen molar-refractivity contribution in [2.24, 2.45) is 0 Å². The SMILES string of the molecule is CCOC(=O)c1cc2n(n1)C[C@@](C)(C(=O)NCc1ccccc1OC)N(c1ccc(CC)cc1)C2=O. The molecule has 188 valence electrons. The summed E-state index contributed by atoms with van der Waals surface area (Å²) >= 11 is 0. The average Bonchev–Trinajstić information content (AvgIpc) is 3.32. The Hall–Kier alpha value is -4.14. The van der Waals surface area contributed by atoms with Gasteiger partial charge >= 0.3 is 5.97 Å². The molecule has 9 heteroatoms. The highest BCUT2D eigenvalue weighted by molar-refractivity contribution is 6.12. The lowest BCUT2D eigenvalue weighted by molar-refractivity contribution is -0.126. The third-order valence-corrected chi connectivity index (χ3v) is 6.36. The topological polar surface area (TPSA) is 103 Å². The second-order valence-electron chi connectivity index (χ2n) is 8.72. The third-order valence-electron chi connectivity index (χ3n) is 6.36. The van der Waals surface area contributed by atoms with Crippen LogP contribution in [0.5, 0.6) is 5.75 Å². The fraction of sp³-hybridized carbons (Fsp3) is 0.333. The van der Waals surface area contributed by atoms with Crippen molar-refractivity contribution in [3.63, 3.8) is 0 Å². The van der Waals surface area contributed by atoms with Crippen molar-refractivity contribution in [3.05, 3.63) is 77.1 Å². The van der Waals surface area contributed by atoms with Gasteiger partial charge in [-0.15, -0.1) is 0 Å². The van der Waals surface area contributed by atoms with Gasteiger partial charge in [-0.25, -0.2) is 4.79 Å². The number of para-hydroxylation sites is 1. The number of aromatic nitrogens is 2. The van der Waals surface area contributed by atoms with Crippen molar-refractivity contribution in [3.8, 4) is 5.75 Å². The molecule has 1 aromatic heterocycles. The van der Waals surface area contributed by atoms with Crippen LogP contribution in [0.3, 0.4) is 0 Å². The van der Waals surface area contributed by atoms with Gasteiger partial charge in [0.25, 0.3) is 5.91 Å². The van der Waals surface area contributed by atoms with E-state index in [0.29, 0.717) is 11.4 Å². The fourth-order valence-electron chi connectivity index (χ4n) is 4.39. The van der Waals surface area contributed by atoms with Crippen LogP contribution < -0.4 is 15.0 Å². The van der Waals surface area contributed by atoms with E-state index < -0.39 is 17.4 Å². The van der Waals surface area contributed by atoms with Crippen LogP contribution in [0.2, 0.25) is 0 Å². The van der Waals surface area contributed by atoms with E-state index in [0.717, 1.165) is 17.5 Å². The number of esters is 1. The molecule has 2 amide bonds. The Morgan fingerprint density at radius 3 is 2.50 bits per heavy atom. The standard InChI is InChI=1S/C27H30N4O5/c1-5-18-11-13-20(14-12-18)31-24(32)22-15-21(25(33)36-6-2)29-30(22)17-27(31,3)26(34)28-16-19-9-7-8-10-23(19)35-4/h7-15H,5-6,16-17H2,1-4H3,(H,28,34)/t27-/m0/s1. The molecule has 0 radical (unpaired) electrons. The van der Waals surface area contributed by atoms with Crippen molar-refractivity contribution in [2.45, 2.75) is 45.8 Å². The Morgan fingerprint density at radius 2 is 1.83 bits per heavy atom. The first-order valence-electron chi connectivity index (χ1n) is 11.9. The average molecular weight is 491 g/mol. The van der Waals surface area contributed by atoms with E-state index in [1.165, 1.54) is 15.6 Å². The van der Waals surface area contributed by atoms with E-state index in [1.807, 2.05) is 55.5 Å². The zero-order valence-electron chi connectivity index (χ0n) is 20.9. The zero-order chi connectivity index (χ0) is 25.9. The van der Waals surface area contributed by atoms with Crippen LogP contribution in [0.1, 0.15) is 52.9 Å². The molecule has 1 aliphatic rings. The number of hydrogen-bond acceptors (Lipinski definition) is 6. The van der Waals surface area contributed by atoms with E-state index in [-0.39, 0.29) is 37.0 Å². The van der Waals surface area contributed by atoms with Crippen LogP contribution in [0.15, 0.2) is 54.6 Å². The van der Waals surface area contributed by atoms with Gasteiger partial charge < -0.3 is 14.8 Å². The molecule has 1 atom stereocenters. The lowest BCUT2D eigenvalue weighted by Crippen LogP contribution is -2.64. The Bertz CT molecular complexity index is 1280.